The number of halogens is 2. The Morgan fingerprint density at radius 3 is 2.53 bits per heavy atom. The van der Waals surface area contributed by atoms with E-state index in [-0.39, 0.29) is 11.7 Å². The number of benzene rings is 2. The molecule has 1 aliphatic heterocycles. The third-order valence-electron chi connectivity index (χ3n) is 6.99. The lowest BCUT2D eigenvalue weighted by atomic mass is 9.68. The van der Waals surface area contributed by atoms with Crippen molar-refractivity contribution in [3.63, 3.8) is 0 Å². The van der Waals surface area contributed by atoms with Gasteiger partial charge in [-0.05, 0) is 61.4 Å². The molecule has 1 amide bonds. The Hall–Kier alpha value is -2.54. The quantitative estimate of drug-likeness (QED) is 0.436. The van der Waals surface area contributed by atoms with Crippen LogP contribution in [0.1, 0.15) is 55.3 Å². The number of thiazole rings is 1. The molecule has 1 aromatic heterocycles. The summed E-state index contributed by atoms with van der Waals surface area (Å²) in [6, 6.07) is 12.2. The summed E-state index contributed by atoms with van der Waals surface area (Å²) in [7, 11) is 0. The van der Waals surface area contributed by atoms with E-state index in [1.165, 1.54) is 49.5 Å². The van der Waals surface area contributed by atoms with Crippen LogP contribution in [-0.2, 0) is 0 Å². The number of para-hydroxylation sites is 1. The molecule has 4 nitrogen and oxygen atoms in total. The predicted molar refractivity (Wildman–Crippen MR) is 122 cm³/mol. The highest BCUT2D eigenvalue weighted by atomic mass is 32.1. The third-order valence-corrected chi connectivity index (χ3v) is 8.05. The SMILES string of the molecule is O=C(c1ccc2nc(-c3ccccc3OC(F)F)sc2c1)N1CCC2(CCCCC2)CC1. The number of amides is 1. The van der Waals surface area contributed by atoms with Gasteiger partial charge in [0.1, 0.15) is 10.8 Å². The maximum absolute atomic E-state index is 13.2. The fraction of sp³-hybridized carbons (Fsp3) is 0.440. The first-order chi connectivity index (χ1) is 15.5. The Bertz CT molecular complexity index is 1110. The van der Waals surface area contributed by atoms with Crippen molar-refractivity contribution in [2.45, 2.75) is 51.6 Å². The number of rotatable bonds is 4. The van der Waals surface area contributed by atoms with Crippen LogP contribution in [0.3, 0.4) is 0 Å². The highest BCUT2D eigenvalue weighted by Crippen LogP contribution is 2.44. The van der Waals surface area contributed by atoms with E-state index in [4.69, 9.17) is 0 Å². The lowest BCUT2D eigenvalue weighted by Crippen LogP contribution is -2.43. The van der Waals surface area contributed by atoms with Gasteiger partial charge in [-0.2, -0.15) is 8.78 Å². The van der Waals surface area contributed by atoms with Crippen molar-refractivity contribution in [1.82, 2.24) is 9.88 Å². The second kappa shape index (κ2) is 8.77. The Kier molecular flexibility index (Phi) is 5.84. The van der Waals surface area contributed by atoms with Gasteiger partial charge in [0.2, 0.25) is 0 Å². The zero-order valence-electron chi connectivity index (χ0n) is 17.9. The molecule has 2 heterocycles. The second-order valence-corrected chi connectivity index (χ2v) is 9.96. The molecule has 1 aliphatic carbocycles. The number of carbonyl (C=O) groups is 1. The molecule has 0 radical (unpaired) electrons. The Balaban J connectivity index is 1.35. The second-order valence-electron chi connectivity index (χ2n) is 8.93. The third kappa shape index (κ3) is 4.22. The van der Waals surface area contributed by atoms with Crippen molar-refractivity contribution in [3.8, 4) is 16.3 Å². The summed E-state index contributed by atoms with van der Waals surface area (Å²) in [5.74, 6) is 0.164. The molecule has 7 heteroatoms. The van der Waals surface area contributed by atoms with Crippen molar-refractivity contribution in [3.05, 3.63) is 48.0 Å². The molecule has 32 heavy (non-hydrogen) atoms. The van der Waals surface area contributed by atoms with Gasteiger partial charge in [0.25, 0.3) is 5.91 Å². The number of alkyl halides is 2. The van der Waals surface area contributed by atoms with Crippen molar-refractivity contribution >= 4 is 27.5 Å². The molecule has 1 saturated carbocycles. The van der Waals surface area contributed by atoms with Crippen LogP contribution < -0.4 is 4.74 Å². The molecule has 1 spiro atoms. The summed E-state index contributed by atoms with van der Waals surface area (Å²) in [5, 5.41) is 0.595. The first kappa shape index (κ1) is 21.3. The first-order valence-corrected chi connectivity index (χ1v) is 12.1. The largest absolute Gasteiger partial charge is 0.434 e. The minimum atomic E-state index is -2.90. The fourth-order valence-electron chi connectivity index (χ4n) is 5.18. The van der Waals surface area contributed by atoms with E-state index in [0.29, 0.717) is 21.5 Å². The molecule has 1 saturated heterocycles. The molecular weight excluding hydrogens is 430 g/mol. The van der Waals surface area contributed by atoms with Gasteiger partial charge < -0.3 is 9.64 Å². The smallest absolute Gasteiger partial charge is 0.387 e. The number of hydrogen-bond acceptors (Lipinski definition) is 4. The van der Waals surface area contributed by atoms with Gasteiger partial charge in [0.05, 0.1) is 15.8 Å². The van der Waals surface area contributed by atoms with Crippen molar-refractivity contribution in [2.75, 3.05) is 13.1 Å². The summed E-state index contributed by atoms with van der Waals surface area (Å²) in [4.78, 5) is 19.7. The molecule has 5 rings (SSSR count). The van der Waals surface area contributed by atoms with Gasteiger partial charge in [-0.15, -0.1) is 11.3 Å². The van der Waals surface area contributed by atoms with Gasteiger partial charge >= 0.3 is 6.61 Å². The topological polar surface area (TPSA) is 42.4 Å². The van der Waals surface area contributed by atoms with Crippen LogP contribution in [0, 0.1) is 5.41 Å². The molecule has 2 fully saturated rings. The average molecular weight is 457 g/mol. The van der Waals surface area contributed by atoms with Crippen LogP contribution in [0.4, 0.5) is 8.78 Å². The summed E-state index contributed by atoms with van der Waals surface area (Å²) in [5.41, 5.74) is 2.38. The first-order valence-electron chi connectivity index (χ1n) is 11.3. The van der Waals surface area contributed by atoms with E-state index in [1.54, 1.807) is 18.2 Å². The molecule has 3 aromatic rings. The molecule has 0 N–H and O–H groups in total. The van der Waals surface area contributed by atoms with Crippen LogP contribution in [0.5, 0.6) is 5.75 Å². The highest BCUT2D eigenvalue weighted by molar-refractivity contribution is 7.21. The van der Waals surface area contributed by atoms with E-state index in [0.717, 1.165) is 36.1 Å². The van der Waals surface area contributed by atoms with E-state index < -0.39 is 6.61 Å². The number of ether oxygens (including phenoxy) is 1. The number of hydrogen-bond donors (Lipinski definition) is 0. The van der Waals surface area contributed by atoms with E-state index in [9.17, 15) is 13.6 Å². The van der Waals surface area contributed by atoms with Gasteiger partial charge in [-0.25, -0.2) is 4.98 Å². The Morgan fingerprint density at radius 2 is 1.78 bits per heavy atom. The lowest BCUT2D eigenvalue weighted by Gasteiger charge is -2.44. The molecule has 0 unspecified atom stereocenters. The Morgan fingerprint density at radius 1 is 1.03 bits per heavy atom. The molecule has 0 atom stereocenters. The maximum atomic E-state index is 13.2. The van der Waals surface area contributed by atoms with Gasteiger partial charge in [-0.1, -0.05) is 31.4 Å². The normalized spacial score (nSPS) is 18.4. The van der Waals surface area contributed by atoms with Crippen LogP contribution in [0.25, 0.3) is 20.8 Å². The Labute approximate surface area is 190 Å². The van der Waals surface area contributed by atoms with Crippen molar-refractivity contribution < 1.29 is 18.3 Å². The maximum Gasteiger partial charge on any atom is 0.387 e. The van der Waals surface area contributed by atoms with Crippen molar-refractivity contribution in [1.29, 1.82) is 0 Å². The van der Waals surface area contributed by atoms with Crippen LogP contribution >= 0.6 is 11.3 Å². The zero-order valence-corrected chi connectivity index (χ0v) is 18.7. The number of likely N-dealkylation sites (tertiary alicyclic amines) is 1. The zero-order chi connectivity index (χ0) is 22.1. The monoisotopic (exact) mass is 456 g/mol. The predicted octanol–water partition coefficient (Wildman–Crippen LogP) is 6.75. The van der Waals surface area contributed by atoms with Gasteiger partial charge in [0.15, 0.2) is 0 Å². The van der Waals surface area contributed by atoms with E-state index >= 15 is 0 Å². The number of carbonyl (C=O) groups excluding carboxylic acids is 1. The summed E-state index contributed by atoms with van der Waals surface area (Å²) in [6.07, 6.45) is 8.82. The number of nitrogens with zero attached hydrogens (tertiary/aromatic N) is 2. The average Bonchev–Trinajstić information content (AvgIpc) is 3.23. The molecule has 0 bridgehead atoms. The van der Waals surface area contributed by atoms with E-state index in [1.807, 2.05) is 23.1 Å². The highest BCUT2D eigenvalue weighted by Gasteiger charge is 2.36. The molecule has 2 aromatic carbocycles. The number of piperidine rings is 1. The minimum absolute atomic E-state index is 0.0638. The van der Waals surface area contributed by atoms with Crippen LogP contribution in [0.2, 0.25) is 0 Å². The van der Waals surface area contributed by atoms with Gasteiger partial charge in [-0.3, -0.25) is 4.79 Å². The number of fused-ring (bicyclic) bond motifs is 1. The fourth-order valence-corrected chi connectivity index (χ4v) is 6.22. The molecule has 2 aliphatic rings. The lowest BCUT2D eigenvalue weighted by molar-refractivity contribution is -0.0494. The summed E-state index contributed by atoms with van der Waals surface area (Å²) >= 11 is 1.38. The van der Waals surface area contributed by atoms with Gasteiger partial charge in [0, 0.05) is 18.7 Å². The van der Waals surface area contributed by atoms with Crippen LogP contribution in [-0.4, -0.2) is 35.5 Å². The summed E-state index contributed by atoms with van der Waals surface area (Å²) < 4.78 is 31.1. The minimum Gasteiger partial charge on any atom is -0.434 e. The number of aromatic nitrogens is 1. The molecule has 168 valence electrons. The summed E-state index contributed by atoms with van der Waals surface area (Å²) in [6.45, 7) is -1.25. The standard InChI is InChI=1S/C25H26F2N2O2S/c26-24(27)31-20-7-3-2-6-18(20)22-28-19-9-8-17(16-21(19)32-22)23(30)29-14-12-25(13-15-29)10-4-1-5-11-25/h2-3,6-9,16,24H,1,4-5,10-15H2. The van der Waals surface area contributed by atoms with E-state index in [2.05, 4.69) is 9.72 Å². The van der Waals surface area contributed by atoms with Crippen molar-refractivity contribution in [2.24, 2.45) is 5.41 Å². The molecular formula is C25H26F2N2O2S. The van der Waals surface area contributed by atoms with Crippen LogP contribution in [0.15, 0.2) is 42.5 Å².